The van der Waals surface area contributed by atoms with Gasteiger partial charge in [-0.3, -0.25) is 24.2 Å². The second-order valence-electron chi connectivity index (χ2n) is 6.78. The number of benzene rings is 1. The summed E-state index contributed by atoms with van der Waals surface area (Å²) in [6, 6.07) is 12.1. The highest BCUT2D eigenvalue weighted by Crippen LogP contribution is 2.17. The van der Waals surface area contributed by atoms with Crippen LogP contribution in [0, 0.1) is 11.3 Å². The van der Waals surface area contributed by atoms with Crippen molar-refractivity contribution in [2.45, 2.75) is 6.54 Å². The summed E-state index contributed by atoms with van der Waals surface area (Å²) in [5.41, 5.74) is 1.26. The van der Waals surface area contributed by atoms with Gasteiger partial charge >= 0.3 is 0 Å². The normalized spacial score (nSPS) is 18.1. The fraction of sp³-hybridized carbons (Fsp3) is 0.400. The SMILES string of the molecule is N#C/C(=C/NCCN1C(=O)CSC1=O)C(=O)N1CCN(Cc2ccccc2)CC1. The minimum Gasteiger partial charge on any atom is -0.388 e. The number of carbonyl (C=O) groups excluding carboxylic acids is 3. The van der Waals surface area contributed by atoms with Crippen LogP contribution < -0.4 is 5.32 Å². The smallest absolute Gasteiger partial charge is 0.288 e. The fourth-order valence-corrected chi connectivity index (χ4v) is 3.96. The Kier molecular flexibility index (Phi) is 7.27. The van der Waals surface area contributed by atoms with E-state index in [1.807, 2.05) is 24.3 Å². The Hall–Kier alpha value is -2.83. The van der Waals surface area contributed by atoms with Gasteiger partial charge in [-0.15, -0.1) is 0 Å². The van der Waals surface area contributed by atoms with Gasteiger partial charge in [0, 0.05) is 52.0 Å². The number of imide groups is 1. The van der Waals surface area contributed by atoms with Gasteiger partial charge in [-0.2, -0.15) is 5.26 Å². The first-order chi connectivity index (χ1) is 14.1. The highest BCUT2D eigenvalue weighted by molar-refractivity contribution is 8.14. The molecule has 0 atom stereocenters. The van der Waals surface area contributed by atoms with Crippen LogP contribution in [0.5, 0.6) is 0 Å². The van der Waals surface area contributed by atoms with Crippen LogP contribution in [-0.2, 0) is 16.1 Å². The van der Waals surface area contributed by atoms with E-state index in [-0.39, 0.29) is 34.9 Å². The molecule has 0 unspecified atom stereocenters. The molecule has 2 fully saturated rings. The van der Waals surface area contributed by atoms with Crippen LogP contribution in [0.25, 0.3) is 0 Å². The molecule has 9 heteroatoms. The molecule has 3 rings (SSSR count). The molecule has 152 valence electrons. The molecular weight excluding hydrogens is 390 g/mol. The van der Waals surface area contributed by atoms with Gasteiger partial charge in [0.2, 0.25) is 5.91 Å². The zero-order chi connectivity index (χ0) is 20.6. The van der Waals surface area contributed by atoms with E-state index in [9.17, 15) is 19.6 Å². The first-order valence-corrected chi connectivity index (χ1v) is 10.4. The number of rotatable bonds is 7. The third-order valence-electron chi connectivity index (χ3n) is 4.83. The molecule has 0 spiro atoms. The summed E-state index contributed by atoms with van der Waals surface area (Å²) in [6.45, 7) is 4.00. The predicted molar refractivity (Wildman–Crippen MR) is 110 cm³/mol. The zero-order valence-corrected chi connectivity index (χ0v) is 16.9. The number of piperazine rings is 1. The molecule has 1 aromatic carbocycles. The van der Waals surface area contributed by atoms with Gasteiger partial charge in [-0.1, -0.05) is 42.1 Å². The summed E-state index contributed by atoms with van der Waals surface area (Å²) in [7, 11) is 0. The van der Waals surface area contributed by atoms with Crippen LogP contribution in [0.4, 0.5) is 4.79 Å². The standard InChI is InChI=1S/C20H23N5O3S/c21-12-17(13-22-6-7-25-18(26)15-29-20(25)28)19(27)24-10-8-23(9-11-24)14-16-4-2-1-3-5-16/h1-5,13,22H,6-11,14-15H2/b17-13-. The Morgan fingerprint density at radius 2 is 1.90 bits per heavy atom. The van der Waals surface area contributed by atoms with Gasteiger partial charge in [0.15, 0.2) is 0 Å². The quantitative estimate of drug-likeness (QED) is 0.405. The van der Waals surface area contributed by atoms with Crippen molar-refractivity contribution in [1.29, 1.82) is 5.26 Å². The van der Waals surface area contributed by atoms with Gasteiger partial charge in [-0.25, -0.2) is 0 Å². The molecule has 0 saturated carbocycles. The highest BCUT2D eigenvalue weighted by atomic mass is 32.2. The monoisotopic (exact) mass is 413 g/mol. The molecule has 8 nitrogen and oxygen atoms in total. The molecule has 0 radical (unpaired) electrons. The molecule has 0 aromatic heterocycles. The second-order valence-corrected chi connectivity index (χ2v) is 7.70. The fourth-order valence-electron chi connectivity index (χ4n) is 3.21. The third-order valence-corrected chi connectivity index (χ3v) is 5.68. The van der Waals surface area contributed by atoms with Gasteiger partial charge in [0.05, 0.1) is 5.75 Å². The van der Waals surface area contributed by atoms with Gasteiger partial charge in [-0.05, 0) is 5.56 Å². The van der Waals surface area contributed by atoms with Crippen molar-refractivity contribution in [2.24, 2.45) is 0 Å². The number of nitrogens with zero attached hydrogens (tertiary/aromatic N) is 4. The van der Waals surface area contributed by atoms with Crippen molar-refractivity contribution in [3.05, 3.63) is 47.7 Å². The Labute approximate surface area is 174 Å². The van der Waals surface area contributed by atoms with Crippen molar-refractivity contribution in [2.75, 3.05) is 45.0 Å². The zero-order valence-electron chi connectivity index (χ0n) is 16.0. The van der Waals surface area contributed by atoms with Crippen molar-refractivity contribution < 1.29 is 14.4 Å². The number of amides is 3. The third kappa shape index (κ3) is 5.59. The van der Waals surface area contributed by atoms with E-state index >= 15 is 0 Å². The number of hydrogen-bond acceptors (Lipinski definition) is 7. The Morgan fingerprint density at radius 1 is 1.17 bits per heavy atom. The van der Waals surface area contributed by atoms with E-state index in [2.05, 4.69) is 22.3 Å². The van der Waals surface area contributed by atoms with Crippen molar-refractivity contribution in [3.63, 3.8) is 0 Å². The minimum absolute atomic E-state index is 0.0231. The molecule has 3 amide bonds. The van der Waals surface area contributed by atoms with E-state index in [0.717, 1.165) is 31.4 Å². The summed E-state index contributed by atoms with van der Waals surface area (Å²) in [6.07, 6.45) is 1.37. The molecule has 1 aromatic rings. The number of carbonyl (C=O) groups is 3. The maximum absolute atomic E-state index is 12.6. The summed E-state index contributed by atoms with van der Waals surface area (Å²) >= 11 is 0.984. The Morgan fingerprint density at radius 3 is 2.52 bits per heavy atom. The Balaban J connectivity index is 1.44. The summed E-state index contributed by atoms with van der Waals surface area (Å²) in [4.78, 5) is 40.8. The van der Waals surface area contributed by atoms with Crippen molar-refractivity contribution >= 4 is 28.8 Å². The molecule has 2 aliphatic rings. The molecule has 2 heterocycles. The lowest BCUT2D eigenvalue weighted by molar-refractivity contribution is -0.128. The topological polar surface area (TPSA) is 96.8 Å². The minimum atomic E-state index is -0.303. The average Bonchev–Trinajstić information content (AvgIpc) is 3.06. The summed E-state index contributed by atoms with van der Waals surface area (Å²) in [5.74, 6) is -0.341. The first-order valence-electron chi connectivity index (χ1n) is 9.45. The van der Waals surface area contributed by atoms with Crippen LogP contribution in [0.1, 0.15) is 5.56 Å². The second kappa shape index (κ2) is 10.1. The lowest BCUT2D eigenvalue weighted by Gasteiger charge is -2.34. The molecule has 2 aliphatic heterocycles. The average molecular weight is 414 g/mol. The van der Waals surface area contributed by atoms with Crippen LogP contribution in [0.3, 0.4) is 0 Å². The number of thioether (sulfide) groups is 1. The maximum atomic E-state index is 12.6. The summed E-state index contributed by atoms with van der Waals surface area (Å²) < 4.78 is 0. The molecule has 1 N–H and O–H groups in total. The van der Waals surface area contributed by atoms with Gasteiger partial charge in [0.25, 0.3) is 11.1 Å². The van der Waals surface area contributed by atoms with Gasteiger partial charge < -0.3 is 10.2 Å². The molecule has 0 aliphatic carbocycles. The lowest BCUT2D eigenvalue weighted by atomic mass is 10.2. The van der Waals surface area contributed by atoms with Crippen LogP contribution in [0.2, 0.25) is 0 Å². The lowest BCUT2D eigenvalue weighted by Crippen LogP contribution is -2.48. The van der Waals surface area contributed by atoms with E-state index in [4.69, 9.17) is 0 Å². The van der Waals surface area contributed by atoms with Crippen molar-refractivity contribution in [3.8, 4) is 6.07 Å². The van der Waals surface area contributed by atoms with Crippen molar-refractivity contribution in [1.82, 2.24) is 20.0 Å². The number of nitrogens with one attached hydrogen (secondary N) is 1. The van der Waals surface area contributed by atoms with E-state index in [1.165, 1.54) is 16.7 Å². The van der Waals surface area contributed by atoms with E-state index in [1.54, 1.807) is 4.90 Å². The number of hydrogen-bond donors (Lipinski definition) is 1. The van der Waals surface area contributed by atoms with Crippen LogP contribution in [-0.4, -0.2) is 76.8 Å². The maximum Gasteiger partial charge on any atom is 0.288 e. The summed E-state index contributed by atoms with van der Waals surface area (Å²) in [5, 5.41) is 11.9. The molecule has 2 saturated heterocycles. The van der Waals surface area contributed by atoms with E-state index < -0.39 is 0 Å². The predicted octanol–water partition coefficient (Wildman–Crippen LogP) is 1.02. The largest absolute Gasteiger partial charge is 0.388 e. The van der Waals surface area contributed by atoms with E-state index in [0.29, 0.717) is 19.6 Å². The van der Waals surface area contributed by atoms with Crippen LogP contribution >= 0.6 is 11.8 Å². The first kappa shape index (κ1) is 20.9. The highest BCUT2D eigenvalue weighted by Gasteiger charge is 2.29. The van der Waals surface area contributed by atoms with Gasteiger partial charge in [0.1, 0.15) is 11.6 Å². The molecule has 0 bridgehead atoms. The number of nitriles is 1. The Bertz CT molecular complexity index is 812. The molecular formula is C20H23N5O3S. The molecule has 29 heavy (non-hydrogen) atoms. The van der Waals surface area contributed by atoms with Crippen LogP contribution in [0.15, 0.2) is 42.1 Å².